The van der Waals surface area contributed by atoms with Gasteiger partial charge in [0.15, 0.2) is 6.61 Å². The van der Waals surface area contributed by atoms with Gasteiger partial charge in [0.05, 0.1) is 4.47 Å². The van der Waals surface area contributed by atoms with Crippen LogP contribution in [0, 0.1) is 5.41 Å². The van der Waals surface area contributed by atoms with Gasteiger partial charge in [-0.2, -0.15) is 0 Å². The highest BCUT2D eigenvalue weighted by Crippen LogP contribution is 2.28. The molecule has 0 radical (unpaired) electrons. The summed E-state index contributed by atoms with van der Waals surface area (Å²) in [4.78, 5) is 23.0. The molecule has 21 heavy (non-hydrogen) atoms. The minimum absolute atomic E-state index is 0.278. The van der Waals surface area contributed by atoms with E-state index >= 15 is 0 Å². The number of carboxylic acids is 1. The van der Waals surface area contributed by atoms with E-state index in [1.54, 1.807) is 39.0 Å². The Morgan fingerprint density at radius 1 is 1.43 bits per heavy atom. The minimum atomic E-state index is -1.08. The van der Waals surface area contributed by atoms with E-state index < -0.39 is 23.3 Å². The first-order valence-electron chi connectivity index (χ1n) is 6.21. The Kier molecular flexibility index (Phi) is 6.04. The molecule has 0 aliphatic carbocycles. The van der Waals surface area contributed by atoms with E-state index in [1.807, 2.05) is 0 Å². The summed E-state index contributed by atoms with van der Waals surface area (Å²) >= 11 is 9.07. The summed E-state index contributed by atoms with van der Waals surface area (Å²) in [7, 11) is 0. The quantitative estimate of drug-likeness (QED) is 0.825. The zero-order valence-corrected chi connectivity index (χ0v) is 14.3. The maximum Gasteiger partial charge on any atom is 0.326 e. The van der Waals surface area contributed by atoms with Gasteiger partial charge in [0.1, 0.15) is 11.8 Å². The Morgan fingerprint density at radius 3 is 2.52 bits per heavy atom. The van der Waals surface area contributed by atoms with Crippen LogP contribution in [0.15, 0.2) is 22.7 Å². The molecule has 1 atom stereocenters. The molecule has 0 spiro atoms. The molecule has 1 aromatic carbocycles. The fourth-order valence-corrected chi connectivity index (χ4v) is 2.38. The Morgan fingerprint density at radius 2 is 2.05 bits per heavy atom. The summed E-state index contributed by atoms with van der Waals surface area (Å²) in [5.74, 6) is -1.13. The Bertz CT molecular complexity index is 542. The van der Waals surface area contributed by atoms with Crippen LogP contribution in [0.25, 0.3) is 0 Å². The molecule has 1 aromatic rings. The van der Waals surface area contributed by atoms with E-state index in [0.29, 0.717) is 15.2 Å². The van der Waals surface area contributed by atoms with Crippen LogP contribution in [0.5, 0.6) is 5.75 Å². The number of hydrogen-bond donors (Lipinski definition) is 2. The van der Waals surface area contributed by atoms with E-state index in [-0.39, 0.29) is 6.61 Å². The van der Waals surface area contributed by atoms with Gasteiger partial charge in [0, 0.05) is 5.02 Å². The van der Waals surface area contributed by atoms with Gasteiger partial charge in [-0.05, 0) is 39.5 Å². The second-order valence-electron chi connectivity index (χ2n) is 5.57. The zero-order valence-electron chi connectivity index (χ0n) is 11.9. The summed E-state index contributed by atoms with van der Waals surface area (Å²) in [5, 5.41) is 12.1. The van der Waals surface area contributed by atoms with Crippen molar-refractivity contribution in [2.75, 3.05) is 6.61 Å². The van der Waals surface area contributed by atoms with Crippen molar-refractivity contribution in [1.29, 1.82) is 0 Å². The summed E-state index contributed by atoms with van der Waals surface area (Å²) in [5.41, 5.74) is -0.595. The number of nitrogens with one attached hydrogen (secondary N) is 1. The fourth-order valence-electron chi connectivity index (χ4n) is 1.59. The molecule has 0 saturated carbocycles. The Hall–Kier alpha value is -1.27. The second kappa shape index (κ2) is 7.13. The van der Waals surface area contributed by atoms with Crippen LogP contribution in [0.4, 0.5) is 0 Å². The molecule has 1 rings (SSSR count). The van der Waals surface area contributed by atoms with Gasteiger partial charge < -0.3 is 15.2 Å². The number of amides is 1. The van der Waals surface area contributed by atoms with E-state index in [0.717, 1.165) is 0 Å². The highest BCUT2D eigenvalue weighted by Gasteiger charge is 2.32. The molecule has 0 aliphatic rings. The van der Waals surface area contributed by atoms with Gasteiger partial charge in [-0.1, -0.05) is 32.4 Å². The summed E-state index contributed by atoms with van der Waals surface area (Å²) < 4.78 is 5.96. The first-order valence-corrected chi connectivity index (χ1v) is 7.38. The topological polar surface area (TPSA) is 75.6 Å². The first-order chi connectivity index (χ1) is 9.61. The van der Waals surface area contributed by atoms with Crippen molar-refractivity contribution < 1.29 is 19.4 Å². The van der Waals surface area contributed by atoms with Crippen LogP contribution < -0.4 is 10.1 Å². The Labute approximate surface area is 136 Å². The number of carbonyl (C=O) groups excluding carboxylic acids is 1. The molecular formula is C14H17BrClNO4. The fraction of sp³-hybridized carbons (Fsp3) is 0.429. The summed E-state index contributed by atoms with van der Waals surface area (Å²) in [6.07, 6.45) is 0. The average molecular weight is 379 g/mol. The van der Waals surface area contributed by atoms with Gasteiger partial charge in [-0.3, -0.25) is 4.79 Å². The molecule has 0 saturated heterocycles. The average Bonchev–Trinajstić information content (AvgIpc) is 2.33. The lowest BCUT2D eigenvalue weighted by molar-refractivity contribution is -0.145. The summed E-state index contributed by atoms with van der Waals surface area (Å²) in [6, 6.07) is 3.92. The van der Waals surface area contributed by atoms with Crippen LogP contribution in [0.1, 0.15) is 20.8 Å². The van der Waals surface area contributed by atoms with Crippen molar-refractivity contribution in [3.63, 3.8) is 0 Å². The standard InChI is InChI=1S/C14H17BrClNO4/c1-14(2,3)12(13(19)20)17-11(18)7-21-10-5-4-8(16)6-9(10)15/h4-6,12H,7H2,1-3H3,(H,17,18)(H,19,20). The normalized spacial score (nSPS) is 12.6. The van der Waals surface area contributed by atoms with E-state index in [2.05, 4.69) is 21.2 Å². The number of ether oxygens (including phenoxy) is 1. The molecule has 5 nitrogen and oxygen atoms in total. The van der Waals surface area contributed by atoms with Crippen LogP contribution in [-0.2, 0) is 9.59 Å². The maximum atomic E-state index is 11.8. The van der Waals surface area contributed by atoms with Gasteiger partial charge in [0.2, 0.25) is 0 Å². The molecule has 116 valence electrons. The molecule has 0 aromatic heterocycles. The molecule has 1 unspecified atom stereocenters. The van der Waals surface area contributed by atoms with Gasteiger partial charge in [-0.15, -0.1) is 0 Å². The predicted octanol–water partition coefficient (Wildman–Crippen LogP) is 3.10. The third kappa shape index (κ3) is 5.55. The van der Waals surface area contributed by atoms with Crippen LogP contribution in [-0.4, -0.2) is 29.6 Å². The third-order valence-electron chi connectivity index (χ3n) is 2.67. The van der Waals surface area contributed by atoms with Gasteiger partial charge in [-0.25, -0.2) is 4.79 Å². The van der Waals surface area contributed by atoms with Crippen LogP contribution in [0.3, 0.4) is 0 Å². The number of carbonyl (C=O) groups is 2. The second-order valence-corrected chi connectivity index (χ2v) is 6.86. The molecule has 1 amide bonds. The monoisotopic (exact) mass is 377 g/mol. The van der Waals surface area contributed by atoms with Crippen molar-refractivity contribution in [1.82, 2.24) is 5.32 Å². The van der Waals surface area contributed by atoms with Crippen molar-refractivity contribution >= 4 is 39.4 Å². The van der Waals surface area contributed by atoms with Crippen LogP contribution >= 0.6 is 27.5 Å². The largest absolute Gasteiger partial charge is 0.483 e. The summed E-state index contributed by atoms with van der Waals surface area (Å²) in [6.45, 7) is 4.94. The molecule has 0 heterocycles. The maximum absolute atomic E-state index is 11.8. The lowest BCUT2D eigenvalue weighted by Gasteiger charge is -2.27. The van der Waals surface area contributed by atoms with E-state index in [9.17, 15) is 9.59 Å². The number of rotatable bonds is 5. The lowest BCUT2D eigenvalue weighted by atomic mass is 9.87. The number of aliphatic carboxylic acids is 1. The number of halogens is 2. The van der Waals surface area contributed by atoms with Gasteiger partial charge >= 0.3 is 5.97 Å². The smallest absolute Gasteiger partial charge is 0.326 e. The predicted molar refractivity (Wildman–Crippen MR) is 83.7 cm³/mol. The van der Waals surface area contributed by atoms with E-state index in [4.69, 9.17) is 21.4 Å². The number of carboxylic acid groups (broad SMARTS) is 1. The molecule has 2 N–H and O–H groups in total. The van der Waals surface area contributed by atoms with Crippen molar-refractivity contribution in [3.8, 4) is 5.75 Å². The third-order valence-corrected chi connectivity index (χ3v) is 3.53. The van der Waals surface area contributed by atoms with E-state index in [1.165, 1.54) is 0 Å². The van der Waals surface area contributed by atoms with Gasteiger partial charge in [0.25, 0.3) is 5.91 Å². The van der Waals surface area contributed by atoms with Crippen molar-refractivity contribution in [2.45, 2.75) is 26.8 Å². The zero-order chi connectivity index (χ0) is 16.2. The highest BCUT2D eigenvalue weighted by molar-refractivity contribution is 9.10. The van der Waals surface area contributed by atoms with Crippen LogP contribution in [0.2, 0.25) is 5.02 Å². The van der Waals surface area contributed by atoms with Crippen molar-refractivity contribution in [3.05, 3.63) is 27.7 Å². The lowest BCUT2D eigenvalue weighted by Crippen LogP contribution is -2.50. The first kappa shape index (κ1) is 17.8. The Balaban J connectivity index is 2.63. The number of hydrogen-bond acceptors (Lipinski definition) is 3. The number of benzene rings is 1. The molecule has 0 fully saturated rings. The molecule has 0 aliphatic heterocycles. The highest BCUT2D eigenvalue weighted by atomic mass is 79.9. The molecule has 0 bridgehead atoms. The SMILES string of the molecule is CC(C)(C)C(NC(=O)COc1ccc(Cl)cc1Br)C(=O)O. The molecule has 7 heteroatoms. The molecular weight excluding hydrogens is 362 g/mol. The minimum Gasteiger partial charge on any atom is -0.483 e. The van der Waals surface area contributed by atoms with Crippen molar-refractivity contribution in [2.24, 2.45) is 5.41 Å².